The second-order valence-electron chi connectivity index (χ2n) is 10.7. The van der Waals surface area contributed by atoms with Gasteiger partial charge in [-0.15, -0.1) is 0 Å². The molecule has 3 aromatic rings. The maximum atomic E-state index is 14.2. The third-order valence-electron chi connectivity index (χ3n) is 6.91. The summed E-state index contributed by atoms with van der Waals surface area (Å²) >= 11 is 6.47. The van der Waals surface area contributed by atoms with E-state index in [1.807, 2.05) is 26.0 Å². The molecule has 0 aliphatic carbocycles. The van der Waals surface area contributed by atoms with Crippen LogP contribution in [-0.4, -0.2) is 60.5 Å². The molecular formula is C30H35ClN2O8. The number of carboxylic acid groups (broad SMARTS) is 1. The second kappa shape index (κ2) is 12.9. The first kappa shape index (κ1) is 30.4. The van der Waals surface area contributed by atoms with Crippen molar-refractivity contribution in [1.29, 1.82) is 0 Å². The van der Waals surface area contributed by atoms with Crippen LogP contribution in [0.3, 0.4) is 0 Å². The Bertz CT molecular complexity index is 1390. The number of carbonyl (C=O) groups is 2. The van der Waals surface area contributed by atoms with Crippen LogP contribution in [-0.2, 0) is 27.2 Å². The lowest BCUT2D eigenvalue weighted by molar-refractivity contribution is -0.137. The molecule has 0 saturated carbocycles. The van der Waals surface area contributed by atoms with E-state index in [2.05, 4.69) is 4.98 Å². The van der Waals surface area contributed by atoms with Gasteiger partial charge in [0.05, 0.1) is 26.8 Å². The van der Waals surface area contributed by atoms with Crippen LogP contribution in [0.1, 0.15) is 55.6 Å². The molecule has 1 aliphatic heterocycles. The van der Waals surface area contributed by atoms with Gasteiger partial charge in [0.15, 0.2) is 17.4 Å². The van der Waals surface area contributed by atoms with Crippen LogP contribution in [0.15, 0.2) is 47.0 Å². The SMILES string of the molecule is COc1cccc([C@H]2O[C@H](Cc3ncc(CCCC(=O)O)o3)C(=O)N(CC(C)(C)CO)c3ccc(Cl)cc32)c1OC. The molecule has 0 unspecified atom stereocenters. The number of aromatic nitrogens is 1. The summed E-state index contributed by atoms with van der Waals surface area (Å²) in [6.45, 7) is 3.82. The highest BCUT2D eigenvalue weighted by Crippen LogP contribution is 2.45. The van der Waals surface area contributed by atoms with E-state index in [1.165, 1.54) is 7.11 Å². The highest BCUT2D eigenvalue weighted by atomic mass is 35.5. The highest BCUT2D eigenvalue weighted by Gasteiger charge is 2.40. The van der Waals surface area contributed by atoms with Crippen molar-refractivity contribution in [3.63, 3.8) is 0 Å². The molecule has 0 radical (unpaired) electrons. The number of hydrogen-bond donors (Lipinski definition) is 2. The van der Waals surface area contributed by atoms with E-state index in [9.17, 15) is 14.7 Å². The number of hydrogen-bond acceptors (Lipinski definition) is 8. The Morgan fingerprint density at radius 2 is 1.95 bits per heavy atom. The van der Waals surface area contributed by atoms with Crippen molar-refractivity contribution < 1.29 is 38.4 Å². The monoisotopic (exact) mass is 586 g/mol. The normalized spacial score (nSPS) is 17.2. The number of carboxylic acids is 1. The molecule has 2 atom stereocenters. The molecule has 2 aromatic carbocycles. The zero-order valence-corrected chi connectivity index (χ0v) is 24.3. The third kappa shape index (κ3) is 7.01. The number of halogens is 1. The minimum atomic E-state index is -1.03. The molecule has 1 amide bonds. The number of benzene rings is 2. The number of oxazole rings is 1. The van der Waals surface area contributed by atoms with E-state index >= 15 is 0 Å². The molecule has 41 heavy (non-hydrogen) atoms. The number of aliphatic hydroxyl groups is 1. The maximum Gasteiger partial charge on any atom is 0.303 e. The number of aryl methyl sites for hydroxylation is 1. The van der Waals surface area contributed by atoms with Gasteiger partial charge >= 0.3 is 5.97 Å². The van der Waals surface area contributed by atoms with Crippen molar-refractivity contribution in [2.45, 2.75) is 51.7 Å². The lowest BCUT2D eigenvalue weighted by Gasteiger charge is -2.32. The first-order chi connectivity index (χ1) is 19.6. The second-order valence-corrected chi connectivity index (χ2v) is 11.1. The maximum absolute atomic E-state index is 14.2. The van der Waals surface area contributed by atoms with Crippen LogP contribution in [0.25, 0.3) is 0 Å². The summed E-state index contributed by atoms with van der Waals surface area (Å²) in [4.78, 5) is 31.0. The molecule has 0 bridgehead atoms. The molecule has 0 spiro atoms. The molecular weight excluding hydrogens is 552 g/mol. The number of aliphatic carboxylic acids is 1. The summed E-state index contributed by atoms with van der Waals surface area (Å²) in [7, 11) is 3.08. The van der Waals surface area contributed by atoms with Crippen molar-refractivity contribution in [3.05, 3.63) is 70.4 Å². The van der Waals surface area contributed by atoms with Gasteiger partial charge in [-0.3, -0.25) is 9.59 Å². The molecule has 2 heterocycles. The topological polar surface area (TPSA) is 132 Å². The van der Waals surface area contributed by atoms with Gasteiger partial charge in [0.2, 0.25) is 0 Å². The minimum absolute atomic E-state index is 0.0146. The summed E-state index contributed by atoms with van der Waals surface area (Å²) in [6, 6.07) is 10.7. The Morgan fingerprint density at radius 1 is 1.17 bits per heavy atom. The Balaban J connectivity index is 1.79. The van der Waals surface area contributed by atoms with Crippen LogP contribution < -0.4 is 14.4 Å². The molecule has 1 aromatic heterocycles. The van der Waals surface area contributed by atoms with E-state index in [0.29, 0.717) is 51.9 Å². The molecule has 4 rings (SSSR count). The van der Waals surface area contributed by atoms with E-state index in [1.54, 1.807) is 42.5 Å². The Kier molecular flexibility index (Phi) is 9.57. The Hall–Kier alpha value is -3.60. The number of anilines is 1. The number of rotatable bonds is 12. The molecule has 11 heteroatoms. The number of carbonyl (C=O) groups excluding carboxylic acids is 1. The number of aliphatic hydroxyl groups excluding tert-OH is 1. The van der Waals surface area contributed by atoms with Crippen molar-refractivity contribution in [2.24, 2.45) is 5.41 Å². The first-order valence-electron chi connectivity index (χ1n) is 13.3. The Labute approximate surface area is 243 Å². The first-order valence-corrected chi connectivity index (χ1v) is 13.7. The quantitative estimate of drug-likeness (QED) is 0.306. The molecule has 2 N–H and O–H groups in total. The number of methoxy groups -OCH3 is 2. The molecule has 220 valence electrons. The average Bonchev–Trinajstić information content (AvgIpc) is 3.36. The molecule has 10 nitrogen and oxygen atoms in total. The summed E-state index contributed by atoms with van der Waals surface area (Å²) in [5.74, 6) is 0.563. The van der Waals surface area contributed by atoms with Gasteiger partial charge in [0.1, 0.15) is 18.0 Å². The lowest BCUT2D eigenvalue weighted by Crippen LogP contribution is -2.46. The van der Waals surface area contributed by atoms with Gasteiger partial charge in [0, 0.05) is 53.2 Å². The smallest absolute Gasteiger partial charge is 0.303 e. The van der Waals surface area contributed by atoms with E-state index in [-0.39, 0.29) is 37.8 Å². The van der Waals surface area contributed by atoms with Gasteiger partial charge < -0.3 is 33.7 Å². The van der Waals surface area contributed by atoms with Crippen molar-refractivity contribution in [3.8, 4) is 11.5 Å². The van der Waals surface area contributed by atoms with E-state index in [4.69, 9.17) is 35.3 Å². The van der Waals surface area contributed by atoms with Gasteiger partial charge in [-0.05, 0) is 30.7 Å². The van der Waals surface area contributed by atoms with Crippen molar-refractivity contribution in [1.82, 2.24) is 4.98 Å². The predicted molar refractivity (Wildman–Crippen MR) is 152 cm³/mol. The number of para-hydroxylation sites is 1. The van der Waals surface area contributed by atoms with Gasteiger partial charge in [-0.2, -0.15) is 0 Å². The fourth-order valence-electron chi connectivity index (χ4n) is 4.84. The summed E-state index contributed by atoms with van der Waals surface area (Å²) in [6.07, 6.45) is 0.585. The van der Waals surface area contributed by atoms with Crippen molar-refractivity contribution >= 4 is 29.2 Å². The standard InChI is InChI=1S/C30H35ClN2O8/c1-30(2,17-34)16-33-22-12-11-18(31)13-21(22)27(20-8-6-9-23(38-3)28(20)39-4)41-24(29(33)37)14-25-32-15-19(40-25)7-5-10-26(35)36/h6,8-9,11-13,15,24,27,34H,5,7,10,14,16-17H2,1-4H3,(H,35,36)/t24-,27-/m1/s1. The molecule has 0 saturated heterocycles. The predicted octanol–water partition coefficient (Wildman–Crippen LogP) is 4.83. The summed E-state index contributed by atoms with van der Waals surface area (Å²) in [5, 5.41) is 19.4. The summed E-state index contributed by atoms with van der Waals surface area (Å²) < 4.78 is 23.7. The number of ether oxygens (including phenoxy) is 3. The Morgan fingerprint density at radius 3 is 2.63 bits per heavy atom. The third-order valence-corrected chi connectivity index (χ3v) is 7.15. The largest absolute Gasteiger partial charge is 0.493 e. The van der Waals surface area contributed by atoms with Crippen LogP contribution in [0.5, 0.6) is 11.5 Å². The fraction of sp³-hybridized carbons (Fsp3) is 0.433. The van der Waals surface area contributed by atoms with Crippen molar-refractivity contribution in [2.75, 3.05) is 32.3 Å². The highest BCUT2D eigenvalue weighted by molar-refractivity contribution is 6.30. The zero-order valence-electron chi connectivity index (χ0n) is 23.6. The van der Waals surface area contributed by atoms with Crippen LogP contribution in [0.4, 0.5) is 5.69 Å². The van der Waals surface area contributed by atoms with E-state index < -0.39 is 23.6 Å². The number of amides is 1. The average molecular weight is 587 g/mol. The van der Waals surface area contributed by atoms with Gasteiger partial charge in [-0.25, -0.2) is 4.98 Å². The van der Waals surface area contributed by atoms with E-state index in [0.717, 1.165) is 0 Å². The van der Waals surface area contributed by atoms with Crippen LogP contribution in [0.2, 0.25) is 5.02 Å². The summed E-state index contributed by atoms with van der Waals surface area (Å²) in [5.41, 5.74) is 1.26. The minimum Gasteiger partial charge on any atom is -0.493 e. The van der Waals surface area contributed by atoms with Gasteiger partial charge in [0.25, 0.3) is 5.91 Å². The lowest BCUT2D eigenvalue weighted by atomic mass is 9.92. The molecule has 1 aliphatic rings. The van der Waals surface area contributed by atoms with Crippen LogP contribution >= 0.6 is 11.6 Å². The number of nitrogens with zero attached hydrogens (tertiary/aromatic N) is 2. The zero-order chi connectivity index (χ0) is 29.7. The fourth-order valence-corrected chi connectivity index (χ4v) is 5.02. The number of fused-ring (bicyclic) bond motifs is 1. The molecule has 0 fully saturated rings. The van der Waals surface area contributed by atoms with Crippen LogP contribution in [0, 0.1) is 5.41 Å². The van der Waals surface area contributed by atoms with Gasteiger partial charge in [-0.1, -0.05) is 37.6 Å².